The fraction of sp³-hybridized carbons (Fsp3) is 0.571. The van der Waals surface area contributed by atoms with Gasteiger partial charge < -0.3 is 15.4 Å². The van der Waals surface area contributed by atoms with Crippen LogP contribution in [0.25, 0.3) is 10.9 Å². The highest BCUT2D eigenvalue weighted by molar-refractivity contribution is 5.93. The maximum Gasteiger partial charge on any atom is 0.121 e. The molecule has 138 valence electrons. The van der Waals surface area contributed by atoms with Crippen molar-refractivity contribution in [2.45, 2.75) is 58.9 Å². The van der Waals surface area contributed by atoms with Gasteiger partial charge in [-0.1, -0.05) is 33.1 Å². The van der Waals surface area contributed by atoms with Gasteiger partial charge in [0.15, 0.2) is 0 Å². The monoisotopic (exact) mass is 343 g/mol. The summed E-state index contributed by atoms with van der Waals surface area (Å²) >= 11 is 0. The van der Waals surface area contributed by atoms with Crippen LogP contribution in [-0.2, 0) is 0 Å². The van der Waals surface area contributed by atoms with Crippen LogP contribution in [0.2, 0.25) is 0 Å². The lowest BCUT2D eigenvalue weighted by Gasteiger charge is -2.12. The lowest BCUT2D eigenvalue weighted by Crippen LogP contribution is -2.23. The van der Waals surface area contributed by atoms with Gasteiger partial charge >= 0.3 is 0 Å². The van der Waals surface area contributed by atoms with Crippen molar-refractivity contribution < 1.29 is 4.74 Å². The number of rotatable bonds is 11. The Morgan fingerprint density at radius 3 is 2.48 bits per heavy atom. The van der Waals surface area contributed by atoms with Crippen LogP contribution >= 0.6 is 0 Å². The molecule has 0 unspecified atom stereocenters. The minimum absolute atomic E-state index is 0.596. The number of methoxy groups -OCH3 is 1. The van der Waals surface area contributed by atoms with Crippen LogP contribution in [0.5, 0.6) is 5.75 Å². The fourth-order valence-corrected chi connectivity index (χ4v) is 3.01. The molecule has 0 aliphatic heterocycles. The molecule has 0 spiro atoms. The molecule has 0 radical (unpaired) electrons. The first-order valence-corrected chi connectivity index (χ1v) is 9.52. The van der Waals surface area contributed by atoms with Crippen LogP contribution in [0.4, 0.5) is 5.69 Å². The summed E-state index contributed by atoms with van der Waals surface area (Å²) in [6, 6.07) is 6.75. The molecule has 0 amide bonds. The second kappa shape index (κ2) is 10.2. The van der Waals surface area contributed by atoms with E-state index in [1.54, 1.807) is 7.11 Å². The van der Waals surface area contributed by atoms with Crippen molar-refractivity contribution in [2.75, 3.05) is 25.5 Å². The number of nitrogens with one attached hydrogen (secondary N) is 2. The second-order valence-corrected chi connectivity index (χ2v) is 7.00. The number of fused-ring (bicyclic) bond motifs is 1. The largest absolute Gasteiger partial charge is 0.497 e. The number of aryl methyl sites for hydroxylation is 1. The Bertz CT molecular complexity index is 655. The number of hydrogen-bond donors (Lipinski definition) is 2. The summed E-state index contributed by atoms with van der Waals surface area (Å²) in [6.07, 6.45) is 8.21. The van der Waals surface area contributed by atoms with Crippen molar-refractivity contribution in [1.29, 1.82) is 0 Å². The van der Waals surface area contributed by atoms with Crippen LogP contribution in [0.15, 0.2) is 24.4 Å². The minimum atomic E-state index is 0.596. The molecule has 2 aromatic rings. The standard InChI is InChI=1S/C21H33N3O/c1-16(2)22-11-8-6-5-7-9-12-23-20-15-18(25-4)14-19-17(3)10-13-24-21(19)20/h10,13-16,22-23H,5-9,11-12H2,1-4H3. The highest BCUT2D eigenvalue weighted by atomic mass is 16.5. The molecule has 0 atom stereocenters. The zero-order valence-electron chi connectivity index (χ0n) is 16.2. The fourth-order valence-electron chi connectivity index (χ4n) is 3.01. The first-order chi connectivity index (χ1) is 12.1. The summed E-state index contributed by atoms with van der Waals surface area (Å²) in [5.41, 5.74) is 3.32. The Morgan fingerprint density at radius 2 is 1.76 bits per heavy atom. The van der Waals surface area contributed by atoms with Gasteiger partial charge in [0.05, 0.1) is 18.3 Å². The lowest BCUT2D eigenvalue weighted by atomic mass is 10.1. The summed E-state index contributed by atoms with van der Waals surface area (Å²) in [5, 5.41) is 8.18. The minimum Gasteiger partial charge on any atom is -0.497 e. The molecule has 0 bridgehead atoms. The topological polar surface area (TPSA) is 46.2 Å². The molecule has 1 aromatic carbocycles. The molecule has 0 saturated heterocycles. The number of ether oxygens (including phenoxy) is 1. The smallest absolute Gasteiger partial charge is 0.121 e. The van der Waals surface area contributed by atoms with Gasteiger partial charge in [-0.25, -0.2) is 0 Å². The molecule has 25 heavy (non-hydrogen) atoms. The zero-order chi connectivity index (χ0) is 18.1. The predicted molar refractivity (Wildman–Crippen MR) is 108 cm³/mol. The normalized spacial score (nSPS) is 11.2. The molecular weight excluding hydrogens is 310 g/mol. The van der Waals surface area contributed by atoms with Crippen molar-refractivity contribution in [3.05, 3.63) is 30.0 Å². The van der Waals surface area contributed by atoms with E-state index in [1.807, 2.05) is 18.3 Å². The predicted octanol–water partition coefficient (Wildman–Crippen LogP) is 4.91. The number of benzene rings is 1. The molecule has 4 nitrogen and oxygen atoms in total. The summed E-state index contributed by atoms with van der Waals surface area (Å²) in [7, 11) is 1.71. The van der Waals surface area contributed by atoms with E-state index in [2.05, 4.69) is 42.5 Å². The first-order valence-electron chi connectivity index (χ1n) is 9.52. The van der Waals surface area contributed by atoms with E-state index in [0.29, 0.717) is 6.04 Å². The zero-order valence-corrected chi connectivity index (χ0v) is 16.2. The van der Waals surface area contributed by atoms with Gasteiger partial charge in [-0.05, 0) is 44.0 Å². The van der Waals surface area contributed by atoms with Gasteiger partial charge in [-0.3, -0.25) is 4.98 Å². The van der Waals surface area contributed by atoms with E-state index in [0.717, 1.165) is 35.4 Å². The quantitative estimate of drug-likeness (QED) is 0.569. The molecular formula is C21H33N3O. The highest BCUT2D eigenvalue weighted by Crippen LogP contribution is 2.29. The Balaban J connectivity index is 1.78. The van der Waals surface area contributed by atoms with Crippen molar-refractivity contribution in [3.8, 4) is 5.75 Å². The van der Waals surface area contributed by atoms with Crippen LogP contribution in [0.3, 0.4) is 0 Å². The van der Waals surface area contributed by atoms with Crippen molar-refractivity contribution in [3.63, 3.8) is 0 Å². The third kappa shape index (κ3) is 6.20. The number of unbranched alkanes of at least 4 members (excludes halogenated alkanes) is 4. The number of nitrogens with zero attached hydrogens (tertiary/aromatic N) is 1. The molecule has 1 aromatic heterocycles. The van der Waals surface area contributed by atoms with E-state index in [4.69, 9.17) is 4.74 Å². The first kappa shape index (κ1) is 19.5. The van der Waals surface area contributed by atoms with E-state index in [-0.39, 0.29) is 0 Å². The Labute approximate surface area is 152 Å². The lowest BCUT2D eigenvalue weighted by molar-refractivity contribution is 0.415. The van der Waals surface area contributed by atoms with Crippen LogP contribution in [0, 0.1) is 6.92 Å². The third-order valence-corrected chi connectivity index (χ3v) is 4.49. The van der Waals surface area contributed by atoms with Gasteiger partial charge in [-0.15, -0.1) is 0 Å². The summed E-state index contributed by atoms with van der Waals surface area (Å²) in [4.78, 5) is 4.56. The van der Waals surface area contributed by atoms with Gasteiger partial charge in [0.2, 0.25) is 0 Å². The van der Waals surface area contributed by atoms with Crippen LogP contribution < -0.4 is 15.4 Å². The molecule has 4 heteroatoms. The maximum absolute atomic E-state index is 5.44. The van der Waals surface area contributed by atoms with Crippen molar-refractivity contribution >= 4 is 16.6 Å². The Hall–Kier alpha value is -1.81. The summed E-state index contributed by atoms with van der Waals surface area (Å²) < 4.78 is 5.44. The van der Waals surface area contributed by atoms with Crippen LogP contribution in [-0.4, -0.2) is 31.2 Å². The number of hydrogen-bond acceptors (Lipinski definition) is 4. The Morgan fingerprint density at radius 1 is 1.04 bits per heavy atom. The SMILES string of the molecule is COc1cc(NCCCCCCCNC(C)C)c2nccc(C)c2c1. The molecule has 0 saturated carbocycles. The average molecular weight is 344 g/mol. The molecule has 2 rings (SSSR count). The molecule has 2 N–H and O–H groups in total. The average Bonchev–Trinajstić information content (AvgIpc) is 2.60. The second-order valence-electron chi connectivity index (χ2n) is 7.00. The molecule has 0 fully saturated rings. The maximum atomic E-state index is 5.44. The van der Waals surface area contributed by atoms with Crippen molar-refractivity contribution in [1.82, 2.24) is 10.3 Å². The van der Waals surface area contributed by atoms with E-state index in [9.17, 15) is 0 Å². The Kier molecular flexibility index (Phi) is 7.99. The van der Waals surface area contributed by atoms with Crippen LogP contribution in [0.1, 0.15) is 51.5 Å². The van der Waals surface area contributed by atoms with Gasteiger partial charge in [0.25, 0.3) is 0 Å². The number of pyridine rings is 1. The third-order valence-electron chi connectivity index (χ3n) is 4.49. The molecule has 0 aliphatic rings. The number of anilines is 1. The van der Waals surface area contributed by atoms with E-state index in [1.165, 1.54) is 37.7 Å². The van der Waals surface area contributed by atoms with Gasteiger partial charge in [-0.2, -0.15) is 0 Å². The van der Waals surface area contributed by atoms with Crippen molar-refractivity contribution in [2.24, 2.45) is 0 Å². The van der Waals surface area contributed by atoms with E-state index >= 15 is 0 Å². The summed E-state index contributed by atoms with van der Waals surface area (Å²) in [5.74, 6) is 0.878. The summed E-state index contributed by atoms with van der Waals surface area (Å²) in [6.45, 7) is 8.62. The molecule has 0 aliphatic carbocycles. The number of aromatic nitrogens is 1. The van der Waals surface area contributed by atoms with Gasteiger partial charge in [0, 0.05) is 30.2 Å². The highest BCUT2D eigenvalue weighted by Gasteiger charge is 2.07. The van der Waals surface area contributed by atoms with Gasteiger partial charge in [0.1, 0.15) is 5.75 Å². The van der Waals surface area contributed by atoms with E-state index < -0.39 is 0 Å². The molecule has 1 heterocycles.